The zero-order valence-corrected chi connectivity index (χ0v) is 19.8. The van der Waals surface area contributed by atoms with Crippen molar-refractivity contribution in [1.82, 2.24) is 0 Å². The fraction of sp³-hybridized carbons (Fsp3) is 0.650. The zero-order valence-electron chi connectivity index (χ0n) is 18.2. The molecule has 0 spiro atoms. The Balaban J connectivity index is 2.43. The van der Waals surface area contributed by atoms with Gasteiger partial charge in [0.1, 0.15) is 12.4 Å². The molecule has 1 atom stereocenters. The lowest BCUT2D eigenvalue weighted by Gasteiger charge is -2.23. The Morgan fingerprint density at radius 1 is 0.839 bits per heavy atom. The van der Waals surface area contributed by atoms with Crippen molar-refractivity contribution in [2.45, 2.75) is 65.2 Å². The van der Waals surface area contributed by atoms with Crippen LogP contribution < -0.4 is 0 Å². The Morgan fingerprint density at radius 2 is 1.32 bits per heavy atom. The van der Waals surface area contributed by atoms with Gasteiger partial charge in [0.15, 0.2) is 11.5 Å². The molecule has 1 unspecified atom stereocenters. The van der Waals surface area contributed by atoms with Crippen molar-refractivity contribution < 1.29 is 39.3 Å². The third kappa shape index (κ3) is 5.68. The first-order chi connectivity index (χ1) is 14.1. The number of nitrogens with zero attached hydrogens (tertiary/aromatic N) is 1. The minimum absolute atomic E-state index is 0.127. The quantitative estimate of drug-likeness (QED) is 0.299. The van der Waals surface area contributed by atoms with E-state index < -0.39 is 48.8 Å². The monoisotopic (exact) mass is 482 g/mol. The maximum Gasteiger partial charge on any atom is 0.264 e. The number of benzene rings is 1. The van der Waals surface area contributed by atoms with Gasteiger partial charge in [0.2, 0.25) is 5.69 Å². The summed E-state index contributed by atoms with van der Waals surface area (Å²) in [6.07, 6.45) is 1.40. The van der Waals surface area contributed by atoms with Crippen LogP contribution in [0.4, 0.5) is 14.5 Å². The highest BCUT2D eigenvalue weighted by atomic mass is 32.2. The van der Waals surface area contributed by atoms with Crippen molar-refractivity contribution in [2.75, 3.05) is 18.1 Å². The van der Waals surface area contributed by atoms with Crippen LogP contribution in [0.5, 0.6) is 0 Å². The molecule has 0 saturated heterocycles. The Bertz CT molecular complexity index is 1110. The van der Waals surface area contributed by atoms with Crippen LogP contribution in [0.2, 0.25) is 0 Å². The number of unbranched alkanes of at least 4 members (excludes halogenated alkanes) is 2. The number of rotatable bonds is 10. The third-order valence-corrected chi connectivity index (χ3v) is 7.88. The molecular formula is C20H30F2NO6S2+. The number of halogens is 2. The van der Waals surface area contributed by atoms with E-state index in [1.807, 2.05) is 0 Å². The second-order valence-corrected chi connectivity index (χ2v) is 11.6. The summed E-state index contributed by atoms with van der Waals surface area (Å²) in [5.41, 5.74) is 0.545. The van der Waals surface area contributed by atoms with Crippen molar-refractivity contribution >= 4 is 31.6 Å². The summed E-state index contributed by atoms with van der Waals surface area (Å²) in [5.74, 6) is -1.86. The Labute approximate surface area is 182 Å². The highest BCUT2D eigenvalue weighted by molar-refractivity contribution is 7.86. The SMILES string of the molecule is CC1=[N+](CCCCS(=O)(=O)O)c2c(F)c(C)c(C)c(F)c2C1(C)CCCCS(=O)(=O)O. The van der Waals surface area contributed by atoms with Gasteiger partial charge >= 0.3 is 0 Å². The van der Waals surface area contributed by atoms with Crippen molar-refractivity contribution in [3.8, 4) is 0 Å². The van der Waals surface area contributed by atoms with E-state index in [1.54, 1.807) is 18.4 Å². The summed E-state index contributed by atoms with van der Waals surface area (Å²) in [4.78, 5) is 0. The van der Waals surface area contributed by atoms with Crippen LogP contribution in [0.25, 0.3) is 0 Å². The minimum Gasteiger partial charge on any atom is -0.286 e. The maximum absolute atomic E-state index is 15.4. The van der Waals surface area contributed by atoms with Crippen LogP contribution in [0, 0.1) is 25.5 Å². The molecule has 1 aromatic rings. The molecule has 2 rings (SSSR count). The second kappa shape index (κ2) is 9.21. The molecule has 7 nitrogen and oxygen atoms in total. The first kappa shape index (κ1) is 25.8. The van der Waals surface area contributed by atoms with Crippen molar-refractivity contribution in [3.63, 3.8) is 0 Å². The molecule has 11 heteroatoms. The van der Waals surface area contributed by atoms with E-state index in [9.17, 15) is 16.8 Å². The van der Waals surface area contributed by atoms with Crippen molar-refractivity contribution in [3.05, 3.63) is 28.3 Å². The van der Waals surface area contributed by atoms with E-state index in [0.29, 0.717) is 25.0 Å². The summed E-state index contributed by atoms with van der Waals surface area (Å²) in [6, 6.07) is 0. The van der Waals surface area contributed by atoms with E-state index in [4.69, 9.17) is 9.11 Å². The molecule has 0 aliphatic carbocycles. The molecule has 0 radical (unpaired) electrons. The van der Waals surface area contributed by atoms with E-state index in [0.717, 1.165) is 0 Å². The highest BCUT2D eigenvalue weighted by Crippen LogP contribution is 2.47. The molecule has 176 valence electrons. The van der Waals surface area contributed by atoms with Gasteiger partial charge in [-0.25, -0.2) is 4.39 Å². The smallest absolute Gasteiger partial charge is 0.264 e. The van der Waals surface area contributed by atoms with E-state index in [2.05, 4.69) is 0 Å². The molecule has 0 amide bonds. The molecule has 1 aromatic carbocycles. The van der Waals surface area contributed by atoms with Crippen molar-refractivity contribution in [1.29, 1.82) is 0 Å². The molecule has 0 aromatic heterocycles. The topological polar surface area (TPSA) is 112 Å². The summed E-state index contributed by atoms with van der Waals surface area (Å²) < 4.78 is 94.1. The number of fused-ring (bicyclic) bond motifs is 1. The third-order valence-electron chi connectivity index (χ3n) is 6.27. The molecule has 2 N–H and O–H groups in total. The molecule has 1 aliphatic rings. The van der Waals surface area contributed by atoms with Gasteiger partial charge < -0.3 is 0 Å². The molecule has 1 aliphatic heterocycles. The van der Waals surface area contributed by atoms with E-state index >= 15 is 8.78 Å². The largest absolute Gasteiger partial charge is 0.286 e. The van der Waals surface area contributed by atoms with Gasteiger partial charge in [0, 0.05) is 13.3 Å². The molecule has 0 fully saturated rings. The summed E-state index contributed by atoms with van der Waals surface area (Å²) in [6.45, 7) is 6.80. The highest BCUT2D eigenvalue weighted by Gasteiger charge is 2.50. The van der Waals surface area contributed by atoms with Gasteiger partial charge in [0.05, 0.1) is 22.5 Å². The lowest BCUT2D eigenvalue weighted by molar-refractivity contribution is -0.442. The van der Waals surface area contributed by atoms with E-state index in [-0.39, 0.29) is 41.8 Å². The molecule has 31 heavy (non-hydrogen) atoms. The average Bonchev–Trinajstić information content (AvgIpc) is 2.86. The van der Waals surface area contributed by atoms with Gasteiger partial charge in [-0.1, -0.05) is 6.42 Å². The van der Waals surface area contributed by atoms with E-state index in [1.165, 1.54) is 13.8 Å². The molecule has 0 saturated carbocycles. The lowest BCUT2D eigenvalue weighted by Crippen LogP contribution is -2.31. The Hall–Kier alpha value is -1.43. The van der Waals surface area contributed by atoms with Crippen LogP contribution in [-0.2, 0) is 25.7 Å². The molecule has 0 bridgehead atoms. The average molecular weight is 483 g/mol. The van der Waals surface area contributed by atoms with Gasteiger partial charge in [-0.15, -0.1) is 0 Å². The summed E-state index contributed by atoms with van der Waals surface area (Å²) >= 11 is 0. The summed E-state index contributed by atoms with van der Waals surface area (Å²) in [7, 11) is -8.20. The predicted octanol–water partition coefficient (Wildman–Crippen LogP) is 3.68. The number of hydrogen-bond donors (Lipinski definition) is 2. The van der Waals surface area contributed by atoms with Gasteiger partial charge in [-0.05, 0) is 51.2 Å². The number of hydrogen-bond acceptors (Lipinski definition) is 4. The predicted molar refractivity (Wildman–Crippen MR) is 115 cm³/mol. The van der Waals surface area contributed by atoms with Crippen LogP contribution in [0.15, 0.2) is 0 Å². The van der Waals surface area contributed by atoms with Gasteiger partial charge in [-0.3, -0.25) is 9.11 Å². The lowest BCUT2D eigenvalue weighted by atomic mass is 9.75. The van der Waals surface area contributed by atoms with Crippen molar-refractivity contribution in [2.24, 2.45) is 0 Å². The fourth-order valence-corrected chi connectivity index (χ4v) is 5.35. The second-order valence-electron chi connectivity index (χ2n) is 8.41. The van der Waals surface area contributed by atoms with Gasteiger partial charge in [-0.2, -0.15) is 25.8 Å². The maximum atomic E-state index is 15.4. The van der Waals surface area contributed by atoms with Crippen LogP contribution in [0.3, 0.4) is 0 Å². The normalized spacial score (nSPS) is 19.2. The Kier molecular flexibility index (Phi) is 7.67. The first-order valence-corrected chi connectivity index (χ1v) is 13.3. The summed E-state index contributed by atoms with van der Waals surface area (Å²) in [5, 5.41) is 0. The van der Waals surface area contributed by atoms with Crippen LogP contribution in [-0.4, -0.2) is 54.3 Å². The Morgan fingerprint density at radius 3 is 1.84 bits per heavy atom. The zero-order chi connectivity index (χ0) is 23.8. The molecule has 1 heterocycles. The van der Waals surface area contributed by atoms with Crippen LogP contribution >= 0.6 is 0 Å². The van der Waals surface area contributed by atoms with Crippen LogP contribution in [0.1, 0.15) is 62.6 Å². The fourth-order valence-electron chi connectivity index (χ4n) is 4.21. The standard InChI is InChI=1S/C20H29F2NO6S2/c1-13-14(2)18(22)19-16(17(13)21)20(4,9-5-7-11-30(24,25)26)15(3)23(19)10-6-8-12-31(27,28)29/h5-12H2,1-4H3,(H-,24,25,26,27,28,29)/p+1. The minimum atomic E-state index is -4.10. The van der Waals surface area contributed by atoms with Gasteiger partial charge in [0.25, 0.3) is 20.2 Å². The first-order valence-electron chi connectivity index (χ1n) is 10.1. The molecular weight excluding hydrogens is 452 g/mol.